The van der Waals surface area contributed by atoms with Crippen molar-refractivity contribution in [3.8, 4) is 22.6 Å². The molecule has 1 fully saturated rings. The number of methoxy groups -OCH3 is 3. The molecule has 3 atom stereocenters. The van der Waals surface area contributed by atoms with Crippen LogP contribution >= 0.6 is 23.2 Å². The van der Waals surface area contributed by atoms with Crippen LogP contribution in [0.25, 0.3) is 22.0 Å². The Bertz CT molecular complexity index is 1180. The maximum Gasteiger partial charge on any atom is 0.308 e. The van der Waals surface area contributed by atoms with E-state index in [0.29, 0.717) is 45.4 Å². The van der Waals surface area contributed by atoms with E-state index in [1.807, 2.05) is 18.2 Å². The predicted octanol–water partition coefficient (Wildman–Crippen LogP) is 5.62. The van der Waals surface area contributed by atoms with Gasteiger partial charge < -0.3 is 19.5 Å². The van der Waals surface area contributed by atoms with Crippen LogP contribution in [0.3, 0.4) is 0 Å². The van der Waals surface area contributed by atoms with Crippen molar-refractivity contribution in [1.82, 2.24) is 9.97 Å². The van der Waals surface area contributed by atoms with E-state index in [-0.39, 0.29) is 17.9 Å². The molecule has 3 unspecified atom stereocenters. The summed E-state index contributed by atoms with van der Waals surface area (Å²) in [4.78, 5) is 21.0. The molecule has 1 N–H and O–H groups in total. The standard InChI is InChI=1S/C24H25Cl2N3O4/c1-12-7-14(23(30)33-4)9-17(12)29-24-27-11-15-8-13(5-6-16(15)28-24)20-21(25)18(31-2)10-19(32-3)22(20)26/h5-6,8,10-12,14,17H,7,9H2,1-4H3,(H,27,28,29). The van der Waals surface area contributed by atoms with Gasteiger partial charge in [-0.25, -0.2) is 9.97 Å². The minimum atomic E-state index is -0.162. The molecule has 0 radical (unpaired) electrons. The smallest absolute Gasteiger partial charge is 0.308 e. The third-order valence-corrected chi connectivity index (χ3v) is 6.92. The average molecular weight is 490 g/mol. The molecular weight excluding hydrogens is 465 g/mol. The highest BCUT2D eigenvalue weighted by Crippen LogP contribution is 2.46. The zero-order chi connectivity index (χ0) is 23.7. The molecule has 1 aromatic heterocycles. The molecule has 0 amide bonds. The Morgan fingerprint density at radius 2 is 1.76 bits per heavy atom. The van der Waals surface area contributed by atoms with Gasteiger partial charge in [0, 0.05) is 29.3 Å². The van der Waals surface area contributed by atoms with Gasteiger partial charge in [0.05, 0.1) is 42.8 Å². The molecule has 0 spiro atoms. The summed E-state index contributed by atoms with van der Waals surface area (Å²) < 4.78 is 15.7. The fourth-order valence-corrected chi connectivity index (χ4v) is 5.09. The van der Waals surface area contributed by atoms with E-state index in [1.165, 1.54) is 7.11 Å². The molecular formula is C24H25Cl2N3O4. The fourth-order valence-electron chi connectivity index (χ4n) is 4.37. The molecule has 1 aliphatic carbocycles. The van der Waals surface area contributed by atoms with Crippen LogP contribution in [0.5, 0.6) is 11.5 Å². The highest BCUT2D eigenvalue weighted by Gasteiger charge is 2.36. The Balaban J connectivity index is 1.63. The first-order chi connectivity index (χ1) is 15.9. The van der Waals surface area contributed by atoms with Gasteiger partial charge in [-0.2, -0.15) is 0 Å². The second-order valence-electron chi connectivity index (χ2n) is 8.17. The van der Waals surface area contributed by atoms with Crippen molar-refractivity contribution in [2.75, 3.05) is 26.6 Å². The second-order valence-corrected chi connectivity index (χ2v) is 8.93. The van der Waals surface area contributed by atoms with Gasteiger partial charge in [0.2, 0.25) is 5.95 Å². The van der Waals surface area contributed by atoms with Crippen LogP contribution in [0.15, 0.2) is 30.5 Å². The molecule has 0 aliphatic heterocycles. The normalized spacial score (nSPS) is 20.0. The Kier molecular flexibility index (Phi) is 6.81. The number of benzene rings is 2. The van der Waals surface area contributed by atoms with Crippen LogP contribution < -0.4 is 14.8 Å². The molecule has 1 saturated carbocycles. The van der Waals surface area contributed by atoms with Crippen molar-refractivity contribution >= 4 is 46.0 Å². The summed E-state index contributed by atoms with van der Waals surface area (Å²) in [5.74, 6) is 1.52. The van der Waals surface area contributed by atoms with E-state index >= 15 is 0 Å². The summed E-state index contributed by atoms with van der Waals surface area (Å²) in [6.07, 6.45) is 3.24. The van der Waals surface area contributed by atoms with E-state index in [4.69, 9.17) is 37.4 Å². The number of carbonyl (C=O) groups is 1. The molecule has 174 valence electrons. The number of nitrogens with one attached hydrogen (secondary N) is 1. The largest absolute Gasteiger partial charge is 0.495 e. The SMILES string of the molecule is COC(=O)C1CC(C)C(Nc2ncc3cc(-c4c(Cl)c(OC)cc(OC)c4Cl)ccc3n2)C1. The van der Waals surface area contributed by atoms with Crippen LogP contribution in [0, 0.1) is 11.8 Å². The van der Waals surface area contributed by atoms with Crippen molar-refractivity contribution in [3.05, 3.63) is 40.5 Å². The zero-order valence-corrected chi connectivity index (χ0v) is 20.3. The van der Waals surface area contributed by atoms with Gasteiger partial charge in [-0.15, -0.1) is 0 Å². The number of rotatable bonds is 6. The highest BCUT2D eigenvalue weighted by atomic mass is 35.5. The minimum absolute atomic E-state index is 0.0973. The number of halogens is 2. The number of aromatic nitrogens is 2. The van der Waals surface area contributed by atoms with Crippen LogP contribution in [-0.2, 0) is 9.53 Å². The molecule has 4 rings (SSSR count). The number of fused-ring (bicyclic) bond motifs is 1. The van der Waals surface area contributed by atoms with Gasteiger partial charge in [0.15, 0.2) is 0 Å². The summed E-state index contributed by atoms with van der Waals surface area (Å²) in [7, 11) is 4.51. The van der Waals surface area contributed by atoms with Crippen molar-refractivity contribution < 1.29 is 19.0 Å². The average Bonchev–Trinajstić information content (AvgIpc) is 3.18. The lowest BCUT2D eigenvalue weighted by Crippen LogP contribution is -2.23. The Morgan fingerprint density at radius 3 is 2.39 bits per heavy atom. The molecule has 2 aromatic carbocycles. The first kappa shape index (κ1) is 23.4. The van der Waals surface area contributed by atoms with Gasteiger partial charge in [-0.3, -0.25) is 4.79 Å². The van der Waals surface area contributed by atoms with Crippen molar-refractivity contribution in [1.29, 1.82) is 0 Å². The lowest BCUT2D eigenvalue weighted by Gasteiger charge is -2.17. The summed E-state index contributed by atoms with van der Waals surface area (Å²) >= 11 is 13.1. The van der Waals surface area contributed by atoms with E-state index in [2.05, 4.69) is 22.2 Å². The maximum atomic E-state index is 11.9. The maximum absolute atomic E-state index is 11.9. The topological polar surface area (TPSA) is 82.6 Å². The first-order valence-corrected chi connectivity index (χ1v) is 11.3. The van der Waals surface area contributed by atoms with Crippen molar-refractivity contribution in [2.45, 2.75) is 25.8 Å². The molecule has 0 saturated heterocycles. The third kappa shape index (κ3) is 4.52. The Labute approximate surface area is 202 Å². The third-order valence-electron chi connectivity index (χ3n) is 6.17. The fraction of sp³-hybridized carbons (Fsp3) is 0.375. The van der Waals surface area contributed by atoms with Gasteiger partial charge in [0.25, 0.3) is 0 Å². The number of carbonyl (C=O) groups excluding carboxylic acids is 1. The summed E-state index contributed by atoms with van der Waals surface area (Å²) in [5, 5.41) is 5.01. The van der Waals surface area contributed by atoms with Gasteiger partial charge in [-0.1, -0.05) is 36.2 Å². The van der Waals surface area contributed by atoms with Crippen LogP contribution in [0.4, 0.5) is 5.95 Å². The molecule has 33 heavy (non-hydrogen) atoms. The number of esters is 1. The quantitative estimate of drug-likeness (QED) is 0.449. The van der Waals surface area contributed by atoms with Crippen LogP contribution in [0.2, 0.25) is 10.0 Å². The summed E-state index contributed by atoms with van der Waals surface area (Å²) in [6.45, 7) is 2.11. The molecule has 7 nitrogen and oxygen atoms in total. The molecule has 9 heteroatoms. The van der Waals surface area contributed by atoms with E-state index in [1.54, 1.807) is 26.5 Å². The van der Waals surface area contributed by atoms with E-state index in [0.717, 1.165) is 22.9 Å². The predicted molar refractivity (Wildman–Crippen MR) is 129 cm³/mol. The Morgan fingerprint density at radius 1 is 1.06 bits per heavy atom. The number of hydrogen-bond acceptors (Lipinski definition) is 7. The van der Waals surface area contributed by atoms with Gasteiger partial charge in [0.1, 0.15) is 11.5 Å². The number of hydrogen-bond donors (Lipinski definition) is 1. The van der Waals surface area contributed by atoms with E-state index < -0.39 is 0 Å². The lowest BCUT2D eigenvalue weighted by atomic mass is 10.0. The van der Waals surface area contributed by atoms with Gasteiger partial charge >= 0.3 is 5.97 Å². The molecule has 3 aromatic rings. The summed E-state index contributed by atoms with van der Waals surface area (Å²) in [6, 6.07) is 7.48. The number of ether oxygens (including phenoxy) is 3. The first-order valence-electron chi connectivity index (χ1n) is 10.6. The van der Waals surface area contributed by atoms with Crippen molar-refractivity contribution in [3.63, 3.8) is 0 Å². The van der Waals surface area contributed by atoms with Gasteiger partial charge in [-0.05, 0) is 36.5 Å². The highest BCUT2D eigenvalue weighted by molar-refractivity contribution is 6.41. The monoisotopic (exact) mass is 489 g/mol. The second kappa shape index (κ2) is 9.61. The lowest BCUT2D eigenvalue weighted by molar-refractivity contribution is -0.145. The Hall–Kier alpha value is -2.77. The summed E-state index contributed by atoms with van der Waals surface area (Å²) in [5.41, 5.74) is 2.19. The molecule has 0 bridgehead atoms. The van der Waals surface area contributed by atoms with Crippen molar-refractivity contribution in [2.24, 2.45) is 11.8 Å². The van der Waals surface area contributed by atoms with Crippen LogP contribution in [0.1, 0.15) is 19.8 Å². The zero-order valence-electron chi connectivity index (χ0n) is 18.8. The molecule has 1 heterocycles. The van der Waals surface area contributed by atoms with Crippen LogP contribution in [-0.4, -0.2) is 43.3 Å². The minimum Gasteiger partial charge on any atom is -0.495 e. The van der Waals surface area contributed by atoms with E-state index in [9.17, 15) is 4.79 Å². The number of nitrogens with zero attached hydrogens (tertiary/aromatic N) is 2. The number of anilines is 1. The molecule has 1 aliphatic rings.